The molecular formula is C28H48O4. The lowest BCUT2D eigenvalue weighted by atomic mass is 9.44. The van der Waals surface area contributed by atoms with Crippen LogP contribution in [0.4, 0.5) is 0 Å². The largest absolute Gasteiger partial charge is 0.393 e. The molecule has 32 heavy (non-hydrogen) atoms. The molecule has 4 heteroatoms. The highest BCUT2D eigenvalue weighted by Crippen LogP contribution is 2.67. The summed E-state index contributed by atoms with van der Waals surface area (Å²) in [6, 6.07) is 0. The lowest BCUT2D eigenvalue weighted by molar-refractivity contribution is -0.161. The van der Waals surface area contributed by atoms with Crippen molar-refractivity contribution in [3.63, 3.8) is 0 Å². The van der Waals surface area contributed by atoms with Crippen molar-refractivity contribution < 1.29 is 20.1 Å². The van der Waals surface area contributed by atoms with Crippen molar-refractivity contribution in [1.82, 2.24) is 0 Å². The molecule has 0 aromatic carbocycles. The first-order chi connectivity index (χ1) is 14.9. The van der Waals surface area contributed by atoms with Crippen LogP contribution in [0.1, 0.15) is 92.9 Å². The zero-order chi connectivity index (χ0) is 23.6. The summed E-state index contributed by atoms with van der Waals surface area (Å²) >= 11 is 0. The smallest absolute Gasteiger partial charge is 0.136 e. The number of aliphatic hydroxyl groups excluding tert-OH is 3. The van der Waals surface area contributed by atoms with Crippen LogP contribution in [-0.4, -0.2) is 39.4 Å². The lowest BCUT2D eigenvalue weighted by Gasteiger charge is -2.60. The molecule has 0 spiro atoms. The quantitative estimate of drug-likeness (QED) is 0.563. The number of rotatable bonds is 5. The van der Waals surface area contributed by atoms with E-state index in [0.717, 1.165) is 38.5 Å². The summed E-state index contributed by atoms with van der Waals surface area (Å²) in [5.74, 6) is 2.88. The molecule has 0 bridgehead atoms. The van der Waals surface area contributed by atoms with E-state index in [1.54, 1.807) is 0 Å². The maximum Gasteiger partial charge on any atom is 0.136 e. The molecule has 0 aromatic heterocycles. The second-order valence-corrected chi connectivity index (χ2v) is 13.2. The highest BCUT2D eigenvalue weighted by molar-refractivity contribution is 5.83. The number of Topliss-reactive ketones (excluding diaryl/α,β-unsaturated/α-hetero) is 1. The van der Waals surface area contributed by atoms with Gasteiger partial charge in [-0.2, -0.15) is 0 Å². The predicted molar refractivity (Wildman–Crippen MR) is 127 cm³/mol. The van der Waals surface area contributed by atoms with Crippen LogP contribution in [0, 0.1) is 58.2 Å². The van der Waals surface area contributed by atoms with Gasteiger partial charge in [0.2, 0.25) is 0 Å². The maximum absolute atomic E-state index is 13.3. The fourth-order valence-corrected chi connectivity index (χ4v) is 9.18. The van der Waals surface area contributed by atoms with Gasteiger partial charge in [0.25, 0.3) is 0 Å². The van der Waals surface area contributed by atoms with E-state index in [4.69, 9.17) is 0 Å². The van der Waals surface area contributed by atoms with E-state index in [2.05, 4.69) is 34.6 Å². The van der Waals surface area contributed by atoms with Gasteiger partial charge >= 0.3 is 0 Å². The molecule has 4 aliphatic carbocycles. The Bertz CT molecular complexity index is 706. The van der Waals surface area contributed by atoms with Gasteiger partial charge in [0.05, 0.1) is 18.3 Å². The molecule has 4 rings (SSSR count). The Balaban J connectivity index is 1.54. The topological polar surface area (TPSA) is 77.8 Å². The summed E-state index contributed by atoms with van der Waals surface area (Å²) in [7, 11) is 0. The van der Waals surface area contributed by atoms with E-state index in [-0.39, 0.29) is 34.7 Å². The van der Waals surface area contributed by atoms with Crippen LogP contribution >= 0.6 is 0 Å². The Kier molecular flexibility index (Phi) is 6.66. The molecule has 4 saturated carbocycles. The van der Waals surface area contributed by atoms with Crippen molar-refractivity contribution in [3.05, 3.63) is 0 Å². The van der Waals surface area contributed by atoms with Gasteiger partial charge in [-0.05, 0) is 97.2 Å². The first kappa shape index (κ1) is 24.7. The number of aliphatic hydroxyl groups is 3. The van der Waals surface area contributed by atoms with E-state index in [1.165, 1.54) is 0 Å². The zero-order valence-corrected chi connectivity index (χ0v) is 21.3. The minimum atomic E-state index is -0.694. The minimum absolute atomic E-state index is 0.0440. The van der Waals surface area contributed by atoms with Gasteiger partial charge in [0, 0.05) is 12.3 Å². The standard InChI is InChI=1S/C28H48O4/c1-15(2)16(3)25(31)26(32)17(4)20-7-8-21-19-14-24(30)23-13-18(29)9-11-28(23,6)22(19)10-12-27(20,21)5/h15-23,25-26,29,31-32H,7-14H2,1-6H3/t16-,17+,18+,19+,20-,21+,22+,23?,25-,26+,27-,28-/m1/s1. The summed E-state index contributed by atoms with van der Waals surface area (Å²) in [4.78, 5) is 13.3. The molecule has 4 nitrogen and oxygen atoms in total. The molecule has 0 heterocycles. The van der Waals surface area contributed by atoms with E-state index in [0.29, 0.717) is 48.2 Å². The predicted octanol–water partition coefficient (Wildman–Crippen LogP) is 4.84. The van der Waals surface area contributed by atoms with Crippen molar-refractivity contribution in [2.75, 3.05) is 0 Å². The van der Waals surface area contributed by atoms with Crippen molar-refractivity contribution >= 4 is 5.78 Å². The van der Waals surface area contributed by atoms with Crippen molar-refractivity contribution in [2.45, 2.75) is 111 Å². The molecule has 4 fully saturated rings. The summed E-state index contributed by atoms with van der Waals surface area (Å²) in [5.41, 5.74) is 0.187. The first-order valence-electron chi connectivity index (χ1n) is 13.5. The molecular weight excluding hydrogens is 400 g/mol. The monoisotopic (exact) mass is 448 g/mol. The van der Waals surface area contributed by atoms with Gasteiger partial charge in [0.15, 0.2) is 0 Å². The number of ketones is 1. The third-order valence-corrected chi connectivity index (χ3v) is 11.6. The Hall–Kier alpha value is -0.450. The average molecular weight is 449 g/mol. The Morgan fingerprint density at radius 1 is 0.875 bits per heavy atom. The van der Waals surface area contributed by atoms with Crippen LogP contribution in [0.25, 0.3) is 0 Å². The highest BCUT2D eigenvalue weighted by Gasteiger charge is 2.63. The van der Waals surface area contributed by atoms with Crippen LogP contribution in [-0.2, 0) is 4.79 Å². The molecule has 12 atom stereocenters. The third kappa shape index (κ3) is 3.71. The van der Waals surface area contributed by atoms with Crippen molar-refractivity contribution in [1.29, 1.82) is 0 Å². The highest BCUT2D eigenvalue weighted by atomic mass is 16.3. The van der Waals surface area contributed by atoms with Gasteiger partial charge < -0.3 is 15.3 Å². The second kappa shape index (κ2) is 8.64. The van der Waals surface area contributed by atoms with Crippen molar-refractivity contribution in [3.8, 4) is 0 Å². The number of fused-ring (bicyclic) bond motifs is 5. The fourth-order valence-electron chi connectivity index (χ4n) is 9.18. The average Bonchev–Trinajstić information content (AvgIpc) is 3.10. The summed E-state index contributed by atoms with van der Waals surface area (Å²) in [6.45, 7) is 13.2. The van der Waals surface area contributed by atoms with Gasteiger partial charge in [-0.25, -0.2) is 0 Å². The molecule has 0 radical (unpaired) electrons. The van der Waals surface area contributed by atoms with E-state index in [1.807, 2.05) is 6.92 Å². The molecule has 184 valence electrons. The number of carbonyl (C=O) groups is 1. The normalized spacial score (nSPS) is 47.9. The molecule has 0 aromatic rings. The Labute approximate surface area is 195 Å². The SMILES string of the molecule is CC(C)[C@@H](C)[C@@H](O)[C@@H](O)[C@@H](C)[C@H]1CC[C@H]2[C@@H]3CC(=O)C4C[C@@H](O)CC[C@]4(C)[C@H]3CC[C@]12C. The Morgan fingerprint density at radius 3 is 2.16 bits per heavy atom. The fraction of sp³-hybridized carbons (Fsp3) is 0.964. The molecule has 0 saturated heterocycles. The first-order valence-corrected chi connectivity index (χ1v) is 13.5. The molecule has 1 unspecified atom stereocenters. The van der Waals surface area contributed by atoms with Crippen molar-refractivity contribution in [2.24, 2.45) is 58.2 Å². The summed E-state index contributed by atoms with van der Waals surface area (Å²) < 4.78 is 0. The molecule has 4 aliphatic rings. The van der Waals surface area contributed by atoms with Crippen LogP contribution in [0.15, 0.2) is 0 Å². The van der Waals surface area contributed by atoms with Gasteiger partial charge in [0.1, 0.15) is 5.78 Å². The van der Waals surface area contributed by atoms with E-state index in [9.17, 15) is 20.1 Å². The second-order valence-electron chi connectivity index (χ2n) is 13.2. The lowest BCUT2D eigenvalue weighted by Crippen LogP contribution is -2.57. The van der Waals surface area contributed by atoms with Gasteiger partial charge in [-0.1, -0.05) is 41.5 Å². The van der Waals surface area contributed by atoms with Crippen LogP contribution in [0.2, 0.25) is 0 Å². The maximum atomic E-state index is 13.3. The molecule has 3 N–H and O–H groups in total. The number of hydrogen-bond acceptors (Lipinski definition) is 4. The summed E-state index contributed by atoms with van der Waals surface area (Å²) in [5, 5.41) is 32.2. The van der Waals surface area contributed by atoms with E-state index < -0.39 is 12.2 Å². The van der Waals surface area contributed by atoms with Crippen LogP contribution < -0.4 is 0 Å². The number of hydrogen-bond donors (Lipinski definition) is 3. The van der Waals surface area contributed by atoms with Gasteiger partial charge in [-0.15, -0.1) is 0 Å². The molecule has 0 amide bonds. The third-order valence-electron chi connectivity index (χ3n) is 11.6. The minimum Gasteiger partial charge on any atom is -0.393 e. The Morgan fingerprint density at radius 2 is 1.50 bits per heavy atom. The summed E-state index contributed by atoms with van der Waals surface area (Å²) in [6.07, 6.45) is 6.05. The molecule has 0 aliphatic heterocycles. The van der Waals surface area contributed by atoms with Crippen LogP contribution in [0.3, 0.4) is 0 Å². The van der Waals surface area contributed by atoms with Crippen LogP contribution in [0.5, 0.6) is 0 Å². The van der Waals surface area contributed by atoms with Gasteiger partial charge in [-0.3, -0.25) is 4.79 Å². The van der Waals surface area contributed by atoms with E-state index >= 15 is 0 Å². The number of carbonyl (C=O) groups excluding carboxylic acids is 1. The zero-order valence-electron chi connectivity index (χ0n) is 21.3.